The van der Waals surface area contributed by atoms with Crippen LogP contribution in [0.5, 0.6) is 0 Å². The molecule has 2 aromatic rings. The summed E-state index contributed by atoms with van der Waals surface area (Å²) >= 11 is 7.22. The molecule has 0 spiro atoms. The summed E-state index contributed by atoms with van der Waals surface area (Å²) in [5, 5.41) is 2.77. The lowest BCUT2D eigenvalue weighted by Gasteiger charge is -2.05. The third-order valence-electron chi connectivity index (χ3n) is 3.15. The maximum absolute atomic E-state index is 11.8. The van der Waals surface area contributed by atoms with Crippen molar-refractivity contribution in [3.05, 3.63) is 62.8 Å². The molecule has 0 aliphatic carbocycles. The van der Waals surface area contributed by atoms with Gasteiger partial charge in [0.2, 0.25) is 15.9 Å². The van der Waals surface area contributed by atoms with Gasteiger partial charge in [-0.3, -0.25) is 4.79 Å². The maximum Gasteiger partial charge on any atom is 0.244 e. The molecule has 0 aliphatic heterocycles. The first kappa shape index (κ1) is 18.7. The molecule has 0 saturated carbocycles. The second kappa shape index (κ2) is 8.43. The smallest absolute Gasteiger partial charge is 0.244 e. The molecule has 8 heteroatoms. The fraction of sp³-hybridized carbons (Fsp3) is 0.188. The Morgan fingerprint density at radius 1 is 1.17 bits per heavy atom. The molecule has 1 aromatic carbocycles. The van der Waals surface area contributed by atoms with Crippen LogP contribution in [0.15, 0.2) is 42.5 Å². The summed E-state index contributed by atoms with van der Waals surface area (Å²) < 4.78 is 25.9. The molecule has 1 aromatic heterocycles. The van der Waals surface area contributed by atoms with E-state index in [1.54, 1.807) is 36.4 Å². The Morgan fingerprint density at radius 2 is 1.83 bits per heavy atom. The van der Waals surface area contributed by atoms with Crippen molar-refractivity contribution >= 4 is 44.9 Å². The molecule has 128 valence electrons. The van der Waals surface area contributed by atoms with Gasteiger partial charge in [0.1, 0.15) is 0 Å². The van der Waals surface area contributed by atoms with Gasteiger partial charge in [-0.2, -0.15) is 0 Å². The first-order chi connectivity index (χ1) is 11.4. The average Bonchev–Trinajstić information content (AvgIpc) is 2.97. The number of nitrogens with one attached hydrogen (secondary N) is 2. The van der Waals surface area contributed by atoms with Crippen LogP contribution in [-0.4, -0.2) is 21.4 Å². The van der Waals surface area contributed by atoms with Crippen LogP contribution in [0.1, 0.15) is 16.0 Å². The lowest BCUT2D eigenvalue weighted by atomic mass is 10.1. The summed E-state index contributed by atoms with van der Waals surface area (Å²) in [6, 6.07) is 10.7. The van der Waals surface area contributed by atoms with Gasteiger partial charge in [-0.25, -0.2) is 13.1 Å². The molecule has 5 nitrogen and oxygen atoms in total. The SMILES string of the molecule is CNS(=O)(=O)Cc1ccc(CNC(=O)/C=C/c2ccc(Cl)s2)cc1. The monoisotopic (exact) mass is 384 g/mol. The summed E-state index contributed by atoms with van der Waals surface area (Å²) in [6.45, 7) is 0.368. The predicted octanol–water partition coefficient (Wildman–Crippen LogP) is 2.78. The molecular weight excluding hydrogens is 368 g/mol. The first-order valence-electron chi connectivity index (χ1n) is 7.08. The standard InChI is InChI=1S/C16H17ClN2O3S2/c1-18-24(21,22)11-13-4-2-12(3-5-13)10-19-16(20)9-7-14-6-8-15(17)23-14/h2-9,18H,10-11H2,1H3,(H,19,20)/b9-7+. The zero-order valence-electron chi connectivity index (χ0n) is 13.0. The predicted molar refractivity (Wildman–Crippen MR) is 98.3 cm³/mol. The topological polar surface area (TPSA) is 75.3 Å². The minimum atomic E-state index is -3.28. The number of carbonyl (C=O) groups is 1. The van der Waals surface area contributed by atoms with Gasteiger partial charge in [0.05, 0.1) is 10.1 Å². The molecule has 0 unspecified atom stereocenters. The van der Waals surface area contributed by atoms with Crippen LogP contribution in [-0.2, 0) is 27.1 Å². The minimum absolute atomic E-state index is 0.0672. The molecule has 2 N–H and O–H groups in total. The van der Waals surface area contributed by atoms with Crippen LogP contribution in [0.25, 0.3) is 6.08 Å². The van der Waals surface area contributed by atoms with E-state index in [2.05, 4.69) is 10.0 Å². The van der Waals surface area contributed by atoms with Crippen LogP contribution in [0, 0.1) is 0 Å². The Kier molecular flexibility index (Phi) is 6.56. The summed E-state index contributed by atoms with van der Waals surface area (Å²) in [5.74, 6) is -0.274. The minimum Gasteiger partial charge on any atom is -0.348 e. The summed E-state index contributed by atoms with van der Waals surface area (Å²) in [6.07, 6.45) is 3.16. The van der Waals surface area contributed by atoms with Crippen LogP contribution in [0.2, 0.25) is 4.34 Å². The number of amides is 1. The van der Waals surface area contributed by atoms with Crippen LogP contribution in [0.4, 0.5) is 0 Å². The van der Waals surface area contributed by atoms with Gasteiger partial charge in [0.25, 0.3) is 0 Å². The Hall–Kier alpha value is -1.67. The van der Waals surface area contributed by atoms with Crippen LogP contribution < -0.4 is 10.0 Å². The molecule has 24 heavy (non-hydrogen) atoms. The van der Waals surface area contributed by atoms with E-state index in [9.17, 15) is 13.2 Å². The highest BCUT2D eigenvalue weighted by molar-refractivity contribution is 7.88. The number of rotatable bonds is 7. The van der Waals surface area contributed by atoms with Gasteiger partial charge in [0, 0.05) is 17.5 Å². The van der Waals surface area contributed by atoms with Gasteiger partial charge in [-0.05, 0) is 36.4 Å². The molecule has 0 aliphatic rings. The van der Waals surface area contributed by atoms with Crippen molar-refractivity contribution in [3.63, 3.8) is 0 Å². The Labute approximate surface area is 150 Å². The molecule has 0 radical (unpaired) electrons. The third-order valence-corrected chi connectivity index (χ3v) is 5.68. The fourth-order valence-electron chi connectivity index (χ4n) is 1.87. The van der Waals surface area contributed by atoms with E-state index in [0.29, 0.717) is 16.4 Å². The van der Waals surface area contributed by atoms with E-state index in [-0.39, 0.29) is 11.7 Å². The zero-order chi connectivity index (χ0) is 17.6. The lowest BCUT2D eigenvalue weighted by Crippen LogP contribution is -2.21. The third kappa shape index (κ3) is 6.09. The largest absolute Gasteiger partial charge is 0.348 e. The summed E-state index contributed by atoms with van der Waals surface area (Å²) in [5.41, 5.74) is 1.58. The van der Waals surface area contributed by atoms with Crippen molar-refractivity contribution in [2.24, 2.45) is 0 Å². The number of sulfonamides is 1. The van der Waals surface area contributed by atoms with E-state index < -0.39 is 10.0 Å². The zero-order valence-corrected chi connectivity index (χ0v) is 15.3. The summed E-state index contributed by atoms with van der Waals surface area (Å²) in [7, 11) is -1.89. The van der Waals surface area contributed by atoms with E-state index in [1.165, 1.54) is 24.5 Å². The molecule has 0 saturated heterocycles. The van der Waals surface area contributed by atoms with E-state index >= 15 is 0 Å². The number of halogens is 1. The van der Waals surface area contributed by atoms with Gasteiger partial charge in [-0.1, -0.05) is 35.9 Å². The van der Waals surface area contributed by atoms with Gasteiger partial charge in [0.15, 0.2) is 0 Å². The quantitative estimate of drug-likeness (QED) is 0.721. The second-order valence-corrected chi connectivity index (χ2v) is 8.65. The Bertz CT molecular complexity index is 827. The highest BCUT2D eigenvalue weighted by atomic mass is 35.5. The Morgan fingerprint density at radius 3 is 2.42 bits per heavy atom. The molecule has 0 fully saturated rings. The van der Waals surface area contributed by atoms with E-state index in [0.717, 1.165) is 10.4 Å². The molecular formula is C16H17ClN2O3S2. The number of benzene rings is 1. The second-order valence-electron chi connectivity index (χ2n) is 4.97. The van der Waals surface area contributed by atoms with Crippen molar-refractivity contribution in [2.45, 2.75) is 12.3 Å². The Balaban J connectivity index is 1.85. The number of hydrogen-bond donors (Lipinski definition) is 2. The molecule has 0 atom stereocenters. The number of carbonyl (C=O) groups excluding carboxylic acids is 1. The van der Waals surface area contributed by atoms with Gasteiger partial charge in [-0.15, -0.1) is 11.3 Å². The summed E-state index contributed by atoms with van der Waals surface area (Å²) in [4.78, 5) is 12.7. The van der Waals surface area contributed by atoms with Crippen molar-refractivity contribution in [3.8, 4) is 0 Å². The fourth-order valence-corrected chi connectivity index (χ4v) is 3.61. The van der Waals surface area contributed by atoms with Gasteiger partial charge >= 0.3 is 0 Å². The first-order valence-corrected chi connectivity index (χ1v) is 9.93. The molecule has 1 amide bonds. The van der Waals surface area contributed by atoms with Crippen molar-refractivity contribution in [2.75, 3.05) is 7.05 Å². The number of hydrogen-bond acceptors (Lipinski definition) is 4. The van der Waals surface area contributed by atoms with Crippen molar-refractivity contribution in [1.82, 2.24) is 10.0 Å². The van der Waals surface area contributed by atoms with Crippen LogP contribution in [0.3, 0.4) is 0 Å². The normalized spacial score (nSPS) is 11.8. The van der Waals surface area contributed by atoms with Crippen molar-refractivity contribution < 1.29 is 13.2 Å². The van der Waals surface area contributed by atoms with E-state index in [1.807, 2.05) is 6.07 Å². The average molecular weight is 385 g/mol. The van der Waals surface area contributed by atoms with Crippen LogP contribution >= 0.6 is 22.9 Å². The molecule has 0 bridgehead atoms. The van der Waals surface area contributed by atoms with Gasteiger partial charge < -0.3 is 5.32 Å². The molecule has 1 heterocycles. The highest BCUT2D eigenvalue weighted by Gasteiger charge is 2.08. The van der Waals surface area contributed by atoms with Crippen molar-refractivity contribution in [1.29, 1.82) is 0 Å². The molecule has 2 rings (SSSR count). The van der Waals surface area contributed by atoms with E-state index in [4.69, 9.17) is 11.6 Å². The lowest BCUT2D eigenvalue weighted by molar-refractivity contribution is -0.116. The number of thiophene rings is 1. The maximum atomic E-state index is 11.8. The highest BCUT2D eigenvalue weighted by Crippen LogP contribution is 2.22.